The normalized spacial score (nSPS) is 21.2. The molecule has 134 valence electrons. The average Bonchev–Trinajstić information content (AvgIpc) is 2.63. The van der Waals surface area contributed by atoms with E-state index in [9.17, 15) is 0 Å². The van der Waals surface area contributed by atoms with Gasteiger partial charge in [0.05, 0.1) is 12.3 Å². The third kappa shape index (κ3) is 5.00. The van der Waals surface area contributed by atoms with Crippen molar-refractivity contribution in [3.05, 3.63) is 54.0 Å². The summed E-state index contributed by atoms with van der Waals surface area (Å²) in [6.07, 6.45) is 4.81. The molecule has 2 atom stereocenters. The Bertz CT molecular complexity index is 649. The molecule has 5 nitrogen and oxygen atoms in total. The maximum atomic E-state index is 5.62. The van der Waals surface area contributed by atoms with Crippen molar-refractivity contribution in [3.63, 3.8) is 0 Å². The van der Waals surface area contributed by atoms with Crippen molar-refractivity contribution in [2.75, 3.05) is 19.7 Å². The van der Waals surface area contributed by atoms with E-state index in [0.717, 1.165) is 49.7 Å². The minimum atomic E-state index is 0.523. The number of piperidine rings is 1. The van der Waals surface area contributed by atoms with Crippen LogP contribution in [0.25, 0.3) is 0 Å². The van der Waals surface area contributed by atoms with Crippen molar-refractivity contribution >= 4 is 0 Å². The predicted octanol–water partition coefficient (Wildman–Crippen LogP) is 2.88. The van der Waals surface area contributed by atoms with Crippen LogP contribution in [0, 0.1) is 5.92 Å². The molecule has 0 aromatic carbocycles. The molecule has 1 aliphatic heterocycles. The summed E-state index contributed by atoms with van der Waals surface area (Å²) >= 11 is 0. The zero-order valence-corrected chi connectivity index (χ0v) is 15.2. The molecule has 0 saturated carbocycles. The van der Waals surface area contributed by atoms with E-state index in [1.165, 1.54) is 0 Å². The van der Waals surface area contributed by atoms with E-state index in [1.54, 1.807) is 6.20 Å². The topological polar surface area (TPSA) is 50.3 Å². The Hall–Kier alpha value is -1.98. The van der Waals surface area contributed by atoms with Crippen LogP contribution < -0.4 is 10.1 Å². The molecular formula is C20H28N4O. The Morgan fingerprint density at radius 2 is 2.08 bits per heavy atom. The third-order valence-electron chi connectivity index (χ3n) is 4.79. The molecule has 0 unspecified atom stereocenters. The summed E-state index contributed by atoms with van der Waals surface area (Å²) in [6, 6.07) is 10.7. The monoisotopic (exact) mass is 340 g/mol. The maximum Gasteiger partial charge on any atom is 0.217 e. The lowest BCUT2D eigenvalue weighted by Gasteiger charge is -2.37. The van der Waals surface area contributed by atoms with E-state index >= 15 is 0 Å². The molecule has 1 N–H and O–H groups in total. The first-order valence-electron chi connectivity index (χ1n) is 9.18. The highest BCUT2D eigenvalue weighted by molar-refractivity contribution is 5.25. The molecule has 0 bridgehead atoms. The first-order chi connectivity index (χ1) is 12.3. The van der Waals surface area contributed by atoms with Gasteiger partial charge in [0.15, 0.2) is 0 Å². The Labute approximate surface area is 150 Å². The quantitative estimate of drug-likeness (QED) is 0.840. The van der Waals surface area contributed by atoms with Crippen LogP contribution in [-0.2, 0) is 13.1 Å². The number of pyridine rings is 2. The van der Waals surface area contributed by atoms with E-state index in [2.05, 4.69) is 45.3 Å². The second-order valence-corrected chi connectivity index (χ2v) is 6.71. The largest absolute Gasteiger partial charge is 0.478 e. The number of likely N-dealkylation sites (tertiary alicyclic amines) is 1. The maximum absolute atomic E-state index is 5.62. The van der Waals surface area contributed by atoms with Crippen molar-refractivity contribution in [1.82, 2.24) is 20.2 Å². The number of hydrogen-bond acceptors (Lipinski definition) is 5. The van der Waals surface area contributed by atoms with Crippen LogP contribution in [0.3, 0.4) is 0 Å². The van der Waals surface area contributed by atoms with Gasteiger partial charge in [-0.25, -0.2) is 4.98 Å². The molecule has 1 fully saturated rings. The van der Waals surface area contributed by atoms with Crippen LogP contribution in [0.1, 0.15) is 31.5 Å². The summed E-state index contributed by atoms with van der Waals surface area (Å²) in [5.74, 6) is 1.35. The Morgan fingerprint density at radius 1 is 1.20 bits per heavy atom. The van der Waals surface area contributed by atoms with Crippen molar-refractivity contribution in [1.29, 1.82) is 0 Å². The summed E-state index contributed by atoms with van der Waals surface area (Å²) in [4.78, 5) is 11.3. The van der Waals surface area contributed by atoms with Gasteiger partial charge in [-0.05, 0) is 37.5 Å². The summed E-state index contributed by atoms with van der Waals surface area (Å²) < 4.78 is 5.62. The molecule has 1 aliphatic rings. The first kappa shape index (κ1) is 17.8. The zero-order chi connectivity index (χ0) is 17.5. The molecule has 0 amide bonds. The lowest BCUT2D eigenvalue weighted by molar-refractivity contribution is 0.138. The lowest BCUT2D eigenvalue weighted by Crippen LogP contribution is -2.47. The fourth-order valence-corrected chi connectivity index (χ4v) is 3.47. The molecule has 1 saturated heterocycles. The zero-order valence-electron chi connectivity index (χ0n) is 15.2. The molecule has 2 aromatic heterocycles. The molecule has 2 aromatic rings. The van der Waals surface area contributed by atoms with E-state index in [-0.39, 0.29) is 0 Å². The van der Waals surface area contributed by atoms with Crippen LogP contribution in [0.15, 0.2) is 42.7 Å². The van der Waals surface area contributed by atoms with Crippen LogP contribution >= 0.6 is 0 Å². The predicted molar refractivity (Wildman–Crippen MR) is 99.3 cm³/mol. The summed E-state index contributed by atoms with van der Waals surface area (Å²) in [5.41, 5.74) is 2.28. The number of rotatable bonds is 7. The Morgan fingerprint density at radius 3 is 2.84 bits per heavy atom. The third-order valence-corrected chi connectivity index (χ3v) is 4.79. The van der Waals surface area contributed by atoms with Crippen molar-refractivity contribution in [2.24, 2.45) is 5.92 Å². The van der Waals surface area contributed by atoms with Gasteiger partial charge in [0, 0.05) is 50.2 Å². The fraction of sp³-hybridized carbons (Fsp3) is 0.500. The fourth-order valence-electron chi connectivity index (χ4n) is 3.47. The van der Waals surface area contributed by atoms with Gasteiger partial charge < -0.3 is 10.1 Å². The summed E-state index contributed by atoms with van der Waals surface area (Å²) in [6.45, 7) is 8.91. The van der Waals surface area contributed by atoms with Crippen molar-refractivity contribution < 1.29 is 4.74 Å². The second kappa shape index (κ2) is 8.92. The summed E-state index contributed by atoms with van der Waals surface area (Å²) in [7, 11) is 0. The van der Waals surface area contributed by atoms with Gasteiger partial charge in [-0.2, -0.15) is 0 Å². The summed E-state index contributed by atoms with van der Waals surface area (Å²) in [5, 5.41) is 3.71. The van der Waals surface area contributed by atoms with Gasteiger partial charge in [-0.15, -0.1) is 0 Å². The molecule has 0 radical (unpaired) electrons. The van der Waals surface area contributed by atoms with Crippen LogP contribution in [0.5, 0.6) is 5.88 Å². The van der Waals surface area contributed by atoms with Gasteiger partial charge in [0.1, 0.15) is 0 Å². The molecular weight excluding hydrogens is 312 g/mol. The smallest absolute Gasteiger partial charge is 0.217 e. The second-order valence-electron chi connectivity index (χ2n) is 6.71. The number of hydrogen-bond donors (Lipinski definition) is 1. The number of nitrogens with zero attached hydrogens (tertiary/aromatic N) is 3. The molecule has 3 rings (SSSR count). The van der Waals surface area contributed by atoms with Crippen LogP contribution in [0.4, 0.5) is 0 Å². The van der Waals surface area contributed by atoms with Gasteiger partial charge in [0.2, 0.25) is 5.88 Å². The highest BCUT2D eigenvalue weighted by atomic mass is 16.5. The Balaban J connectivity index is 1.50. The highest BCUT2D eigenvalue weighted by Gasteiger charge is 2.26. The average molecular weight is 340 g/mol. The minimum Gasteiger partial charge on any atom is -0.478 e. The van der Waals surface area contributed by atoms with E-state index < -0.39 is 0 Å². The van der Waals surface area contributed by atoms with Crippen LogP contribution in [0.2, 0.25) is 0 Å². The van der Waals surface area contributed by atoms with Gasteiger partial charge in [0.25, 0.3) is 0 Å². The number of ether oxygens (including phenoxy) is 1. The van der Waals surface area contributed by atoms with Gasteiger partial charge in [-0.3, -0.25) is 9.88 Å². The minimum absolute atomic E-state index is 0.523. The number of nitrogens with one attached hydrogen (secondary N) is 1. The van der Waals surface area contributed by atoms with Gasteiger partial charge >= 0.3 is 0 Å². The molecule has 5 heteroatoms. The van der Waals surface area contributed by atoms with Gasteiger partial charge in [-0.1, -0.05) is 19.1 Å². The number of aromatic nitrogens is 2. The van der Waals surface area contributed by atoms with E-state index in [4.69, 9.17) is 4.74 Å². The first-order valence-corrected chi connectivity index (χ1v) is 9.18. The standard InChI is InChI=1S/C20H28N4O/c1-3-25-20-17(7-6-11-22-20)13-23-19-9-12-24(14-16(19)2)15-18-8-4-5-10-21-18/h4-8,10-11,16,19,23H,3,9,12-15H2,1-2H3/t16-,19-/m0/s1. The molecule has 3 heterocycles. The van der Waals surface area contributed by atoms with E-state index in [0.29, 0.717) is 18.6 Å². The highest BCUT2D eigenvalue weighted by Crippen LogP contribution is 2.20. The van der Waals surface area contributed by atoms with Crippen LogP contribution in [-0.4, -0.2) is 40.6 Å². The molecule has 0 spiro atoms. The molecule has 0 aliphatic carbocycles. The molecule has 25 heavy (non-hydrogen) atoms. The Kier molecular flexibility index (Phi) is 6.36. The van der Waals surface area contributed by atoms with Crippen molar-refractivity contribution in [3.8, 4) is 5.88 Å². The lowest BCUT2D eigenvalue weighted by atomic mass is 9.93. The van der Waals surface area contributed by atoms with E-state index in [1.807, 2.05) is 25.3 Å². The SMILES string of the molecule is CCOc1ncccc1CN[C@H]1CCN(Cc2ccccn2)C[C@@H]1C. The van der Waals surface area contributed by atoms with Crippen molar-refractivity contribution in [2.45, 2.75) is 39.4 Å².